The number of nitrogens with two attached hydrogens (primary N) is 1. The van der Waals surface area contributed by atoms with Gasteiger partial charge in [-0.15, -0.1) is 0 Å². The number of benzene rings is 2. The first-order valence-electron chi connectivity index (χ1n) is 11.6. The van der Waals surface area contributed by atoms with Gasteiger partial charge in [0.25, 0.3) is 0 Å². The summed E-state index contributed by atoms with van der Waals surface area (Å²) in [5.74, 6) is -4.64. The first kappa shape index (κ1) is 33.5. The van der Waals surface area contributed by atoms with Gasteiger partial charge in [-0.2, -0.15) is 17.5 Å². The summed E-state index contributed by atoms with van der Waals surface area (Å²) in [6.45, 7) is 2.28. The van der Waals surface area contributed by atoms with Crippen molar-refractivity contribution >= 4 is 39.2 Å². The first-order chi connectivity index (χ1) is 18.5. The lowest BCUT2D eigenvalue weighted by molar-refractivity contribution is -0.651. The number of hydrogen-bond acceptors (Lipinski definition) is 9. The molecule has 0 spiro atoms. The maximum Gasteiger partial charge on any atom is 0.430 e. The molecule has 1 aliphatic rings. The summed E-state index contributed by atoms with van der Waals surface area (Å²) in [7, 11) is -3.37. The largest absolute Gasteiger partial charge is 0.542 e. The molecular formula is C23H27Cl2F3N2O9S. The average molecular weight is 635 g/mol. The number of aliphatic carboxylic acids is 1. The molecule has 0 amide bonds. The standard InChI is InChI=1S/C21H26Cl2N2O7S.C2HF3O2/c22-16-9-14(18(26)11-20(16)28)13(15-10-17(23)21(29)12-19(15)27)1-2-24-3-8-33(30,31)25-4-6-32-7-5-25;3-2(4,5)1(6)7/h9-13,24,26-29H,1-8H2;(H,6,7). The normalized spacial score (nSPS) is 14.6. The highest BCUT2D eigenvalue weighted by Gasteiger charge is 2.29. The van der Waals surface area contributed by atoms with Gasteiger partial charge in [0, 0.05) is 48.7 Å². The van der Waals surface area contributed by atoms with Crippen molar-refractivity contribution < 1.29 is 62.0 Å². The summed E-state index contributed by atoms with van der Waals surface area (Å²) in [5.41, 5.74) is 0.702. The van der Waals surface area contributed by atoms with Crippen LogP contribution in [0.15, 0.2) is 24.3 Å². The Labute approximate surface area is 237 Å². The zero-order chi connectivity index (χ0) is 30.3. The topological polar surface area (TPSA) is 184 Å². The fourth-order valence-corrected chi connectivity index (χ4v) is 5.56. The van der Waals surface area contributed by atoms with E-state index in [-0.39, 0.29) is 38.8 Å². The number of rotatable bonds is 9. The van der Waals surface area contributed by atoms with Crippen LogP contribution in [-0.2, 0) is 19.6 Å². The zero-order valence-corrected chi connectivity index (χ0v) is 23.0. The van der Waals surface area contributed by atoms with Crippen LogP contribution in [0.3, 0.4) is 0 Å². The number of carboxylic acids is 1. The summed E-state index contributed by atoms with van der Waals surface area (Å²) >= 11 is 12.1. The Morgan fingerprint density at radius 1 is 0.950 bits per heavy atom. The van der Waals surface area contributed by atoms with E-state index in [1.54, 1.807) is 0 Å². The molecule has 11 nitrogen and oxygen atoms in total. The number of nitrogens with zero attached hydrogens (tertiary/aromatic N) is 1. The maximum atomic E-state index is 12.5. The number of phenolic OH excluding ortho intramolecular Hbond substituents is 4. The summed E-state index contributed by atoms with van der Waals surface area (Å²) in [4.78, 5) is 8.78. The number of carbonyl (C=O) groups excluding carboxylic acids is 1. The average Bonchev–Trinajstić information content (AvgIpc) is 2.87. The molecule has 224 valence electrons. The monoisotopic (exact) mass is 634 g/mol. The molecule has 0 saturated carbocycles. The second kappa shape index (κ2) is 14.3. The minimum Gasteiger partial charge on any atom is -0.542 e. The van der Waals surface area contributed by atoms with E-state index in [2.05, 4.69) is 0 Å². The van der Waals surface area contributed by atoms with Gasteiger partial charge in [0.15, 0.2) is 0 Å². The van der Waals surface area contributed by atoms with E-state index in [4.69, 9.17) is 37.8 Å². The number of aromatic hydroxyl groups is 4. The van der Waals surface area contributed by atoms with Gasteiger partial charge in [-0.25, -0.2) is 8.42 Å². The van der Waals surface area contributed by atoms with Gasteiger partial charge in [0.2, 0.25) is 10.0 Å². The number of hydrogen-bond donors (Lipinski definition) is 5. The number of sulfonamides is 1. The van der Waals surface area contributed by atoms with E-state index in [9.17, 15) is 42.0 Å². The molecule has 0 radical (unpaired) electrons. The third-order valence-electron chi connectivity index (χ3n) is 5.78. The van der Waals surface area contributed by atoms with Gasteiger partial charge < -0.3 is 40.4 Å². The molecule has 3 rings (SSSR count). The molecule has 1 fully saturated rings. The van der Waals surface area contributed by atoms with E-state index in [0.29, 0.717) is 56.9 Å². The lowest BCUT2D eigenvalue weighted by Gasteiger charge is -2.25. The number of halogens is 5. The van der Waals surface area contributed by atoms with Crippen molar-refractivity contribution in [2.45, 2.75) is 18.5 Å². The Kier molecular flexibility index (Phi) is 12.0. The molecule has 1 aliphatic heterocycles. The number of morpholine rings is 1. The molecule has 0 bridgehead atoms. The van der Waals surface area contributed by atoms with Crippen LogP contribution in [-0.4, -0.2) is 90.4 Å². The highest BCUT2D eigenvalue weighted by Crippen LogP contribution is 2.43. The Morgan fingerprint density at radius 2 is 1.40 bits per heavy atom. The second-order valence-electron chi connectivity index (χ2n) is 8.54. The van der Waals surface area contributed by atoms with Crippen molar-refractivity contribution in [1.82, 2.24) is 4.31 Å². The molecule has 1 heterocycles. The van der Waals surface area contributed by atoms with E-state index in [1.807, 2.05) is 5.32 Å². The number of quaternary nitrogens is 1. The third-order valence-corrected chi connectivity index (χ3v) is 8.29. The fourth-order valence-electron chi connectivity index (χ4n) is 3.78. The van der Waals surface area contributed by atoms with Crippen LogP contribution in [0, 0.1) is 0 Å². The third kappa shape index (κ3) is 9.45. The SMILES string of the molecule is O=C([O-])C(F)(F)F.O=S(=O)(CC[NH2+]CCC(c1cc(Cl)c(O)cc1O)c1cc(Cl)c(O)cc1O)N1CCOCC1. The highest BCUT2D eigenvalue weighted by molar-refractivity contribution is 7.89. The molecule has 17 heteroatoms. The number of carboxylic acid groups (broad SMARTS) is 1. The molecule has 0 unspecified atom stereocenters. The van der Waals surface area contributed by atoms with Gasteiger partial charge in [0.05, 0.1) is 36.3 Å². The molecule has 1 saturated heterocycles. The molecular weight excluding hydrogens is 608 g/mol. The zero-order valence-electron chi connectivity index (χ0n) is 20.7. The Morgan fingerprint density at radius 3 is 1.82 bits per heavy atom. The van der Waals surface area contributed by atoms with E-state index in [1.165, 1.54) is 16.4 Å². The number of alkyl halides is 3. The Bertz CT molecular complexity index is 1230. The smallest absolute Gasteiger partial charge is 0.430 e. The van der Waals surface area contributed by atoms with Crippen molar-refractivity contribution in [1.29, 1.82) is 0 Å². The summed E-state index contributed by atoms with van der Waals surface area (Å²) in [6.07, 6.45) is -4.82. The number of carbonyl (C=O) groups is 1. The number of phenols is 4. The molecule has 2 aromatic carbocycles. The minimum atomic E-state index is -5.19. The van der Waals surface area contributed by atoms with Crippen LogP contribution in [0.5, 0.6) is 23.0 Å². The first-order valence-corrected chi connectivity index (χ1v) is 14.0. The van der Waals surface area contributed by atoms with Gasteiger partial charge in [-0.1, -0.05) is 23.2 Å². The number of ether oxygens (including phenoxy) is 1. The van der Waals surface area contributed by atoms with Crippen molar-refractivity contribution in [2.24, 2.45) is 0 Å². The molecule has 0 aliphatic carbocycles. The van der Waals surface area contributed by atoms with Crippen LogP contribution < -0.4 is 10.4 Å². The van der Waals surface area contributed by atoms with Gasteiger partial charge in [-0.05, 0) is 12.1 Å². The molecule has 0 aromatic heterocycles. The minimum absolute atomic E-state index is 0.0236. The van der Waals surface area contributed by atoms with Crippen LogP contribution in [0.25, 0.3) is 0 Å². The van der Waals surface area contributed by atoms with E-state index >= 15 is 0 Å². The maximum absolute atomic E-state index is 12.5. The lowest BCUT2D eigenvalue weighted by atomic mass is 9.87. The van der Waals surface area contributed by atoms with Crippen molar-refractivity contribution in [3.8, 4) is 23.0 Å². The molecule has 2 aromatic rings. The van der Waals surface area contributed by atoms with Crippen LogP contribution in [0.1, 0.15) is 23.5 Å². The van der Waals surface area contributed by atoms with Gasteiger partial charge >= 0.3 is 6.18 Å². The second-order valence-corrected chi connectivity index (χ2v) is 11.4. The van der Waals surface area contributed by atoms with Gasteiger partial charge in [0.1, 0.15) is 34.7 Å². The Balaban J connectivity index is 0.000000708. The molecule has 6 N–H and O–H groups in total. The fraction of sp³-hybridized carbons (Fsp3) is 0.435. The highest BCUT2D eigenvalue weighted by atomic mass is 35.5. The summed E-state index contributed by atoms with van der Waals surface area (Å²) in [5, 5.41) is 51.1. The molecule has 40 heavy (non-hydrogen) atoms. The van der Waals surface area contributed by atoms with Crippen molar-refractivity contribution in [3.05, 3.63) is 45.4 Å². The predicted molar refractivity (Wildman–Crippen MR) is 135 cm³/mol. The Hall–Kier alpha value is -2.69. The lowest BCUT2D eigenvalue weighted by Crippen LogP contribution is -2.85. The van der Waals surface area contributed by atoms with Crippen LogP contribution in [0.4, 0.5) is 13.2 Å². The quantitative estimate of drug-likeness (QED) is 0.250. The summed E-state index contributed by atoms with van der Waals surface area (Å²) < 4.78 is 63.1. The van der Waals surface area contributed by atoms with Crippen LogP contribution >= 0.6 is 23.2 Å². The van der Waals surface area contributed by atoms with Crippen LogP contribution in [0.2, 0.25) is 10.0 Å². The molecule has 0 atom stereocenters. The van der Waals surface area contributed by atoms with Crippen molar-refractivity contribution in [2.75, 3.05) is 45.1 Å². The van der Waals surface area contributed by atoms with E-state index < -0.39 is 28.1 Å². The van der Waals surface area contributed by atoms with Gasteiger partial charge in [-0.3, -0.25) is 0 Å². The summed E-state index contributed by atoms with van der Waals surface area (Å²) in [6, 6.07) is 5.03. The van der Waals surface area contributed by atoms with Crippen molar-refractivity contribution in [3.63, 3.8) is 0 Å². The predicted octanol–water partition coefficient (Wildman–Crippen LogP) is 0.862. The van der Waals surface area contributed by atoms with E-state index in [0.717, 1.165) is 12.1 Å².